The van der Waals surface area contributed by atoms with Crippen LogP contribution in [0.15, 0.2) is 28.8 Å². The van der Waals surface area contributed by atoms with Crippen molar-refractivity contribution in [3.05, 3.63) is 40.3 Å². The number of benzene rings is 1. The second-order valence-corrected chi connectivity index (χ2v) is 5.62. The summed E-state index contributed by atoms with van der Waals surface area (Å²) in [6, 6.07) is 5.51. The molecule has 1 saturated carbocycles. The summed E-state index contributed by atoms with van der Waals surface area (Å²) >= 11 is 0. The van der Waals surface area contributed by atoms with Gasteiger partial charge in [-0.2, -0.15) is 4.98 Å². The number of nitro groups is 1. The van der Waals surface area contributed by atoms with Crippen molar-refractivity contribution in [2.45, 2.75) is 32.2 Å². The fourth-order valence-electron chi connectivity index (χ4n) is 2.32. The molecular formula is C15H16N4O4. The molecule has 0 radical (unpaired) electrons. The average Bonchev–Trinajstić information content (AvgIpc) is 2.95. The van der Waals surface area contributed by atoms with Crippen LogP contribution in [-0.4, -0.2) is 21.0 Å². The molecule has 23 heavy (non-hydrogen) atoms. The molecule has 1 heterocycles. The Kier molecular flexibility index (Phi) is 4.05. The number of nitrogens with zero attached hydrogens (tertiary/aromatic N) is 3. The van der Waals surface area contributed by atoms with Crippen LogP contribution < -0.4 is 5.32 Å². The van der Waals surface area contributed by atoms with Gasteiger partial charge in [-0.1, -0.05) is 11.6 Å². The van der Waals surface area contributed by atoms with E-state index in [0.29, 0.717) is 17.3 Å². The number of aromatic nitrogens is 2. The molecular weight excluding hydrogens is 300 g/mol. The predicted octanol–water partition coefficient (Wildman–Crippen LogP) is 2.62. The molecule has 1 atom stereocenters. The first-order chi connectivity index (χ1) is 11.0. The molecule has 8 heteroatoms. The topological polar surface area (TPSA) is 111 Å². The standard InChI is InChI=1S/C15H16N4O4/c1-9(16-14(20)11-3-2-4-11)15-17-13(18-23-15)10-5-7-12(8-6-10)19(21)22/h5-9,11H,2-4H2,1H3,(H,16,20)/t9-/m0/s1. The van der Waals surface area contributed by atoms with E-state index in [1.54, 1.807) is 19.1 Å². The maximum atomic E-state index is 11.9. The first-order valence-corrected chi connectivity index (χ1v) is 7.43. The van der Waals surface area contributed by atoms with Crippen molar-refractivity contribution in [3.63, 3.8) is 0 Å². The Morgan fingerprint density at radius 3 is 2.65 bits per heavy atom. The molecule has 1 aromatic heterocycles. The van der Waals surface area contributed by atoms with Crippen molar-refractivity contribution in [1.29, 1.82) is 0 Å². The van der Waals surface area contributed by atoms with E-state index in [4.69, 9.17) is 4.52 Å². The molecule has 1 N–H and O–H groups in total. The normalized spacial score (nSPS) is 15.7. The smallest absolute Gasteiger partial charge is 0.269 e. The number of nitrogens with one attached hydrogen (secondary N) is 1. The number of hydrogen-bond donors (Lipinski definition) is 1. The fourth-order valence-corrected chi connectivity index (χ4v) is 2.32. The summed E-state index contributed by atoms with van der Waals surface area (Å²) in [7, 11) is 0. The molecule has 2 aromatic rings. The van der Waals surface area contributed by atoms with E-state index >= 15 is 0 Å². The van der Waals surface area contributed by atoms with Crippen molar-refractivity contribution in [1.82, 2.24) is 15.5 Å². The van der Waals surface area contributed by atoms with Crippen molar-refractivity contribution >= 4 is 11.6 Å². The Morgan fingerprint density at radius 2 is 2.09 bits per heavy atom. The quantitative estimate of drug-likeness (QED) is 0.670. The van der Waals surface area contributed by atoms with E-state index in [9.17, 15) is 14.9 Å². The molecule has 3 rings (SSSR count). The van der Waals surface area contributed by atoms with E-state index in [2.05, 4.69) is 15.5 Å². The highest BCUT2D eigenvalue weighted by Crippen LogP contribution is 2.27. The van der Waals surface area contributed by atoms with Gasteiger partial charge in [-0.05, 0) is 31.9 Å². The molecule has 8 nitrogen and oxygen atoms in total. The van der Waals surface area contributed by atoms with Crippen LogP contribution in [0.2, 0.25) is 0 Å². The third-order valence-corrected chi connectivity index (χ3v) is 3.98. The molecule has 1 fully saturated rings. The highest BCUT2D eigenvalue weighted by Gasteiger charge is 2.27. The lowest BCUT2D eigenvalue weighted by molar-refractivity contribution is -0.384. The number of rotatable bonds is 5. The lowest BCUT2D eigenvalue weighted by atomic mass is 9.84. The van der Waals surface area contributed by atoms with E-state index < -0.39 is 4.92 Å². The minimum absolute atomic E-state index is 0.00130. The fraction of sp³-hybridized carbons (Fsp3) is 0.400. The van der Waals surface area contributed by atoms with Gasteiger partial charge in [-0.15, -0.1) is 0 Å². The first kappa shape index (κ1) is 15.1. The summed E-state index contributed by atoms with van der Waals surface area (Å²) in [6.07, 6.45) is 2.95. The van der Waals surface area contributed by atoms with Crippen LogP contribution in [0.4, 0.5) is 5.69 Å². The first-order valence-electron chi connectivity index (χ1n) is 7.43. The number of carbonyl (C=O) groups is 1. The Labute approximate surface area is 132 Å². The lowest BCUT2D eigenvalue weighted by Crippen LogP contribution is -2.36. The van der Waals surface area contributed by atoms with Crippen LogP contribution >= 0.6 is 0 Å². The number of hydrogen-bond acceptors (Lipinski definition) is 6. The van der Waals surface area contributed by atoms with Crippen molar-refractivity contribution < 1.29 is 14.2 Å². The van der Waals surface area contributed by atoms with E-state index in [1.807, 2.05) is 0 Å². The maximum absolute atomic E-state index is 11.9. The third kappa shape index (κ3) is 3.20. The molecule has 0 aliphatic heterocycles. The third-order valence-electron chi connectivity index (χ3n) is 3.98. The molecule has 120 valence electrons. The molecule has 0 saturated heterocycles. The second kappa shape index (κ2) is 6.15. The van der Waals surface area contributed by atoms with Gasteiger partial charge in [0.1, 0.15) is 6.04 Å². The number of non-ortho nitro benzene ring substituents is 1. The van der Waals surface area contributed by atoms with E-state index in [1.165, 1.54) is 12.1 Å². The summed E-state index contributed by atoms with van der Waals surface area (Å²) in [5.41, 5.74) is 0.613. The Morgan fingerprint density at radius 1 is 1.39 bits per heavy atom. The molecule has 1 aliphatic rings. The van der Waals surface area contributed by atoms with Gasteiger partial charge >= 0.3 is 0 Å². The number of carbonyl (C=O) groups excluding carboxylic acids is 1. The molecule has 1 aliphatic carbocycles. The monoisotopic (exact) mass is 316 g/mol. The van der Waals surface area contributed by atoms with Crippen molar-refractivity contribution in [2.24, 2.45) is 5.92 Å². The molecule has 0 unspecified atom stereocenters. The molecule has 0 bridgehead atoms. The van der Waals surface area contributed by atoms with Crippen molar-refractivity contribution in [2.75, 3.05) is 0 Å². The van der Waals surface area contributed by atoms with Crippen LogP contribution in [-0.2, 0) is 4.79 Å². The van der Waals surface area contributed by atoms with Crippen LogP contribution in [0, 0.1) is 16.0 Å². The van der Waals surface area contributed by atoms with Crippen LogP contribution in [0.5, 0.6) is 0 Å². The number of nitro benzene ring substituents is 1. The Bertz CT molecular complexity index is 721. The van der Waals surface area contributed by atoms with Gasteiger partial charge in [-0.25, -0.2) is 0 Å². The summed E-state index contributed by atoms with van der Waals surface area (Å²) in [5, 5.41) is 17.4. The Hall–Kier alpha value is -2.77. The van der Waals surface area contributed by atoms with E-state index in [-0.39, 0.29) is 23.6 Å². The van der Waals surface area contributed by atoms with Gasteiger partial charge in [0.25, 0.3) is 5.69 Å². The summed E-state index contributed by atoms with van der Waals surface area (Å²) in [6.45, 7) is 1.78. The SMILES string of the molecule is C[C@H](NC(=O)C1CCC1)c1nc(-c2ccc([N+](=O)[O-])cc2)no1. The van der Waals surface area contributed by atoms with Gasteiger partial charge in [0, 0.05) is 23.6 Å². The molecule has 0 spiro atoms. The van der Waals surface area contributed by atoms with Gasteiger partial charge in [0.15, 0.2) is 0 Å². The minimum atomic E-state index is -0.469. The highest BCUT2D eigenvalue weighted by molar-refractivity contribution is 5.79. The molecule has 1 amide bonds. The summed E-state index contributed by atoms with van der Waals surface area (Å²) in [4.78, 5) is 26.3. The summed E-state index contributed by atoms with van der Waals surface area (Å²) < 4.78 is 5.18. The lowest BCUT2D eigenvalue weighted by Gasteiger charge is -2.25. The Balaban J connectivity index is 1.69. The molecule has 1 aromatic carbocycles. The van der Waals surface area contributed by atoms with Crippen LogP contribution in [0.25, 0.3) is 11.4 Å². The minimum Gasteiger partial charge on any atom is -0.344 e. The van der Waals surface area contributed by atoms with Crippen molar-refractivity contribution in [3.8, 4) is 11.4 Å². The van der Waals surface area contributed by atoms with Gasteiger partial charge in [0.2, 0.25) is 17.6 Å². The van der Waals surface area contributed by atoms with Gasteiger partial charge in [0.05, 0.1) is 4.92 Å². The van der Waals surface area contributed by atoms with Gasteiger partial charge < -0.3 is 9.84 Å². The average molecular weight is 316 g/mol. The predicted molar refractivity (Wildman–Crippen MR) is 80.3 cm³/mol. The number of amides is 1. The maximum Gasteiger partial charge on any atom is 0.269 e. The zero-order chi connectivity index (χ0) is 16.4. The highest BCUT2D eigenvalue weighted by atomic mass is 16.6. The van der Waals surface area contributed by atoms with Gasteiger partial charge in [-0.3, -0.25) is 14.9 Å². The zero-order valence-corrected chi connectivity index (χ0v) is 12.6. The van der Waals surface area contributed by atoms with Crippen LogP contribution in [0.1, 0.15) is 38.1 Å². The second-order valence-electron chi connectivity index (χ2n) is 5.62. The van der Waals surface area contributed by atoms with Crippen LogP contribution in [0.3, 0.4) is 0 Å². The zero-order valence-electron chi connectivity index (χ0n) is 12.6. The largest absolute Gasteiger partial charge is 0.344 e. The van der Waals surface area contributed by atoms with E-state index in [0.717, 1.165) is 19.3 Å². The summed E-state index contributed by atoms with van der Waals surface area (Å²) in [5.74, 6) is 0.749.